The third-order valence-corrected chi connectivity index (χ3v) is 2.60. The molecule has 0 aliphatic heterocycles. The number of benzene rings is 1. The van der Waals surface area contributed by atoms with Gasteiger partial charge in [-0.1, -0.05) is 19.1 Å². The van der Waals surface area contributed by atoms with E-state index in [0.717, 1.165) is 16.6 Å². The molecule has 0 radical (unpaired) electrons. The first kappa shape index (κ1) is 10.8. The minimum Gasteiger partial charge on any atom is -0.480 e. The Bertz CT molecular complexity index is 499. The molecule has 0 aliphatic rings. The second kappa shape index (κ2) is 4.45. The molecule has 0 saturated carbocycles. The molecule has 2 aromatic rings. The molecule has 1 N–H and O–H groups in total. The van der Waals surface area contributed by atoms with Gasteiger partial charge < -0.3 is 9.84 Å². The largest absolute Gasteiger partial charge is 0.480 e. The van der Waals surface area contributed by atoms with Gasteiger partial charge in [-0.15, -0.1) is 0 Å². The third-order valence-electron chi connectivity index (χ3n) is 2.60. The number of nitrogens with zero attached hydrogens (tertiary/aromatic N) is 2. The van der Waals surface area contributed by atoms with Crippen molar-refractivity contribution in [3.05, 3.63) is 30.0 Å². The van der Waals surface area contributed by atoms with E-state index in [4.69, 9.17) is 4.74 Å². The Morgan fingerprint density at radius 3 is 2.94 bits per heavy atom. The third kappa shape index (κ3) is 1.84. The summed E-state index contributed by atoms with van der Waals surface area (Å²) in [5, 5.41) is 9.19. The minimum absolute atomic E-state index is 0.0464. The van der Waals surface area contributed by atoms with E-state index in [1.807, 2.05) is 25.1 Å². The van der Waals surface area contributed by atoms with Crippen LogP contribution < -0.4 is 4.74 Å². The molecule has 4 heteroatoms. The van der Waals surface area contributed by atoms with Gasteiger partial charge in [-0.05, 0) is 11.6 Å². The fraction of sp³-hybridized carbons (Fsp3) is 0.333. The Kier molecular flexibility index (Phi) is 3.01. The molecule has 0 saturated heterocycles. The topological polar surface area (TPSA) is 55.2 Å². The van der Waals surface area contributed by atoms with Crippen LogP contribution in [-0.2, 0) is 0 Å². The second-order valence-electron chi connectivity index (χ2n) is 3.71. The molecular weight excluding hydrogens is 204 g/mol. The highest BCUT2D eigenvalue weighted by atomic mass is 16.5. The number of hydrogen-bond acceptors (Lipinski definition) is 4. The molecule has 0 fully saturated rings. The van der Waals surface area contributed by atoms with Gasteiger partial charge in [0.1, 0.15) is 0 Å². The van der Waals surface area contributed by atoms with Crippen molar-refractivity contribution >= 4 is 11.0 Å². The average molecular weight is 218 g/mol. The van der Waals surface area contributed by atoms with Gasteiger partial charge in [0, 0.05) is 12.5 Å². The van der Waals surface area contributed by atoms with Crippen molar-refractivity contribution in [3.8, 4) is 5.88 Å². The number of para-hydroxylation sites is 1. The molecule has 1 heterocycles. The first-order chi connectivity index (χ1) is 7.76. The predicted molar refractivity (Wildman–Crippen MR) is 61.6 cm³/mol. The van der Waals surface area contributed by atoms with E-state index < -0.39 is 0 Å². The van der Waals surface area contributed by atoms with Crippen LogP contribution in [0, 0.1) is 0 Å². The maximum atomic E-state index is 9.19. The molecule has 2 rings (SSSR count). The minimum atomic E-state index is 0.0464. The van der Waals surface area contributed by atoms with Gasteiger partial charge in [-0.25, -0.2) is 9.97 Å². The first-order valence-corrected chi connectivity index (χ1v) is 5.16. The van der Waals surface area contributed by atoms with E-state index >= 15 is 0 Å². The van der Waals surface area contributed by atoms with Gasteiger partial charge in [-0.3, -0.25) is 0 Å². The van der Waals surface area contributed by atoms with E-state index in [9.17, 15) is 5.11 Å². The Hall–Kier alpha value is -1.68. The second-order valence-corrected chi connectivity index (χ2v) is 3.71. The highest BCUT2D eigenvalue weighted by molar-refractivity contribution is 5.78. The summed E-state index contributed by atoms with van der Waals surface area (Å²) >= 11 is 0. The number of hydrogen-bond donors (Lipinski definition) is 1. The molecule has 1 aromatic carbocycles. The van der Waals surface area contributed by atoms with Gasteiger partial charge in [0.15, 0.2) is 0 Å². The molecule has 16 heavy (non-hydrogen) atoms. The van der Waals surface area contributed by atoms with Crippen molar-refractivity contribution in [2.75, 3.05) is 13.7 Å². The fourth-order valence-corrected chi connectivity index (χ4v) is 1.63. The number of ether oxygens (including phenoxy) is 1. The molecular formula is C12H14N2O2. The first-order valence-electron chi connectivity index (χ1n) is 5.16. The van der Waals surface area contributed by atoms with E-state index in [0.29, 0.717) is 5.88 Å². The van der Waals surface area contributed by atoms with Crippen molar-refractivity contribution in [1.82, 2.24) is 9.97 Å². The highest BCUT2D eigenvalue weighted by Gasteiger charge is 2.10. The van der Waals surface area contributed by atoms with Crippen LogP contribution in [0.2, 0.25) is 0 Å². The van der Waals surface area contributed by atoms with Gasteiger partial charge >= 0.3 is 0 Å². The molecule has 0 spiro atoms. The monoisotopic (exact) mass is 218 g/mol. The number of aliphatic hydroxyl groups excluding tert-OH is 1. The highest BCUT2D eigenvalue weighted by Crippen LogP contribution is 2.24. The maximum Gasteiger partial charge on any atom is 0.232 e. The van der Waals surface area contributed by atoms with Crippen LogP contribution in [0.4, 0.5) is 0 Å². The Morgan fingerprint density at radius 1 is 1.44 bits per heavy atom. The fourth-order valence-electron chi connectivity index (χ4n) is 1.63. The quantitative estimate of drug-likeness (QED) is 0.852. The summed E-state index contributed by atoms with van der Waals surface area (Å²) in [6.45, 7) is 2.05. The zero-order valence-corrected chi connectivity index (χ0v) is 9.34. The zero-order chi connectivity index (χ0) is 11.5. The van der Waals surface area contributed by atoms with Crippen LogP contribution in [0.15, 0.2) is 24.4 Å². The predicted octanol–water partition coefficient (Wildman–Crippen LogP) is 1.73. The average Bonchev–Trinajstić information content (AvgIpc) is 2.36. The van der Waals surface area contributed by atoms with E-state index in [-0.39, 0.29) is 12.5 Å². The summed E-state index contributed by atoms with van der Waals surface area (Å²) < 4.78 is 5.05. The summed E-state index contributed by atoms with van der Waals surface area (Å²) in [6.07, 6.45) is 1.59. The summed E-state index contributed by atoms with van der Waals surface area (Å²) in [6, 6.07) is 5.78. The number of fused-ring (bicyclic) bond motifs is 1. The molecule has 0 amide bonds. The van der Waals surface area contributed by atoms with Crippen molar-refractivity contribution in [3.63, 3.8) is 0 Å². The lowest BCUT2D eigenvalue weighted by atomic mass is 10.0. The van der Waals surface area contributed by atoms with Crippen molar-refractivity contribution in [1.29, 1.82) is 0 Å². The maximum absolute atomic E-state index is 9.19. The van der Waals surface area contributed by atoms with Crippen LogP contribution >= 0.6 is 0 Å². The van der Waals surface area contributed by atoms with Crippen LogP contribution in [0.3, 0.4) is 0 Å². The normalized spacial score (nSPS) is 12.7. The summed E-state index contributed by atoms with van der Waals surface area (Å²) in [5.74, 6) is 0.537. The standard InChI is InChI=1S/C12H14N2O2/c1-8(7-15)9-4-3-5-10-12(9)14-11(16-2)6-13-10/h3-6,8,15H,7H2,1-2H3. The summed E-state index contributed by atoms with van der Waals surface area (Å²) in [5.41, 5.74) is 2.61. The molecule has 4 nitrogen and oxygen atoms in total. The lowest BCUT2D eigenvalue weighted by Gasteiger charge is -2.11. The Labute approximate surface area is 93.9 Å². The molecule has 1 atom stereocenters. The molecule has 1 unspecified atom stereocenters. The molecule has 84 valence electrons. The van der Waals surface area contributed by atoms with Crippen LogP contribution in [0.25, 0.3) is 11.0 Å². The van der Waals surface area contributed by atoms with Gasteiger partial charge in [0.05, 0.1) is 24.3 Å². The summed E-state index contributed by atoms with van der Waals surface area (Å²) in [7, 11) is 1.56. The Morgan fingerprint density at radius 2 is 2.25 bits per heavy atom. The van der Waals surface area contributed by atoms with Crippen molar-refractivity contribution in [2.24, 2.45) is 0 Å². The van der Waals surface area contributed by atoms with Crippen LogP contribution in [0.1, 0.15) is 18.4 Å². The van der Waals surface area contributed by atoms with Crippen molar-refractivity contribution in [2.45, 2.75) is 12.8 Å². The van der Waals surface area contributed by atoms with Crippen molar-refractivity contribution < 1.29 is 9.84 Å². The van der Waals surface area contributed by atoms with Crippen LogP contribution in [-0.4, -0.2) is 28.8 Å². The summed E-state index contributed by atoms with van der Waals surface area (Å²) in [4.78, 5) is 8.63. The number of aromatic nitrogens is 2. The molecule has 1 aromatic heterocycles. The van der Waals surface area contributed by atoms with Gasteiger partial charge in [0.25, 0.3) is 0 Å². The SMILES string of the molecule is COc1cnc2cccc(C(C)CO)c2n1. The van der Waals surface area contributed by atoms with E-state index in [2.05, 4.69) is 9.97 Å². The number of rotatable bonds is 3. The van der Waals surface area contributed by atoms with Gasteiger partial charge in [0.2, 0.25) is 5.88 Å². The lowest BCUT2D eigenvalue weighted by Crippen LogP contribution is -2.02. The van der Waals surface area contributed by atoms with E-state index in [1.54, 1.807) is 13.3 Å². The molecule has 0 bridgehead atoms. The van der Waals surface area contributed by atoms with E-state index in [1.165, 1.54) is 0 Å². The van der Waals surface area contributed by atoms with Gasteiger partial charge in [-0.2, -0.15) is 0 Å². The lowest BCUT2D eigenvalue weighted by molar-refractivity contribution is 0.273. The zero-order valence-electron chi connectivity index (χ0n) is 9.34. The molecule has 0 aliphatic carbocycles. The number of methoxy groups -OCH3 is 1. The smallest absolute Gasteiger partial charge is 0.232 e. The van der Waals surface area contributed by atoms with Crippen LogP contribution in [0.5, 0.6) is 5.88 Å². The Balaban J connectivity index is 2.64. The number of aliphatic hydroxyl groups is 1.